The molecule has 0 atom stereocenters. The summed E-state index contributed by atoms with van der Waals surface area (Å²) in [5.74, 6) is -0.808. The van der Waals surface area contributed by atoms with Crippen molar-refractivity contribution in [3.05, 3.63) is 94.6 Å². The van der Waals surface area contributed by atoms with Gasteiger partial charge in [0.1, 0.15) is 5.82 Å². The Kier molecular flexibility index (Phi) is 5.14. The van der Waals surface area contributed by atoms with Crippen LogP contribution in [0.5, 0.6) is 0 Å². The second-order valence-electron chi connectivity index (χ2n) is 8.46. The molecule has 0 bridgehead atoms. The third kappa shape index (κ3) is 3.96. The van der Waals surface area contributed by atoms with Crippen LogP contribution in [0.25, 0.3) is 0 Å². The smallest absolute Gasteiger partial charge is 0.258 e. The fourth-order valence-electron chi connectivity index (χ4n) is 4.26. The topological polar surface area (TPSA) is 86.1 Å². The molecule has 0 spiro atoms. The van der Waals surface area contributed by atoms with E-state index in [0.29, 0.717) is 23.2 Å². The van der Waals surface area contributed by atoms with Gasteiger partial charge in [-0.3, -0.25) is 14.6 Å². The molecule has 1 aliphatic heterocycles. The summed E-state index contributed by atoms with van der Waals surface area (Å²) in [6.07, 6.45) is 3.07. The Hall–Kier alpha value is -4.05. The number of aromatic nitrogens is 1. The number of halogens is 1. The summed E-state index contributed by atoms with van der Waals surface area (Å²) >= 11 is 0. The normalized spacial score (nSPS) is 15.8. The molecule has 1 N–H and O–H groups in total. The van der Waals surface area contributed by atoms with Gasteiger partial charge in [-0.1, -0.05) is 6.07 Å². The largest absolute Gasteiger partial charge is 0.341 e. The van der Waals surface area contributed by atoms with E-state index in [1.54, 1.807) is 29.2 Å². The molecule has 0 unspecified atom stereocenters. The zero-order chi connectivity index (χ0) is 23.0. The first-order chi connectivity index (χ1) is 16.0. The minimum atomic E-state index is -0.534. The molecule has 2 aromatic carbocycles. The number of rotatable bonds is 4. The molecule has 0 saturated heterocycles. The Morgan fingerprint density at radius 3 is 2.58 bits per heavy atom. The first-order valence-electron chi connectivity index (χ1n) is 10.9. The number of hydrogen-bond acceptors (Lipinski definition) is 4. The van der Waals surface area contributed by atoms with Gasteiger partial charge in [-0.25, -0.2) is 4.39 Å². The van der Waals surface area contributed by atoms with E-state index in [0.717, 1.165) is 42.8 Å². The number of aryl methyl sites for hydroxylation is 1. The summed E-state index contributed by atoms with van der Waals surface area (Å²) in [5.41, 5.74) is 3.14. The van der Waals surface area contributed by atoms with E-state index >= 15 is 0 Å². The highest BCUT2D eigenvalue weighted by atomic mass is 19.1. The molecule has 0 radical (unpaired) electrons. The van der Waals surface area contributed by atoms with Gasteiger partial charge >= 0.3 is 0 Å². The highest BCUT2D eigenvalue weighted by molar-refractivity contribution is 6.06. The van der Waals surface area contributed by atoms with Crippen molar-refractivity contribution in [3.8, 4) is 6.07 Å². The number of nitrogens with zero attached hydrogens (tertiary/aromatic N) is 3. The van der Waals surface area contributed by atoms with Crippen molar-refractivity contribution >= 4 is 17.5 Å². The van der Waals surface area contributed by atoms with Gasteiger partial charge in [-0.2, -0.15) is 5.26 Å². The molecular weight excluding hydrogens is 419 g/mol. The van der Waals surface area contributed by atoms with Crippen molar-refractivity contribution in [2.24, 2.45) is 0 Å². The predicted octanol–water partition coefficient (Wildman–Crippen LogP) is 4.10. The second-order valence-corrected chi connectivity index (χ2v) is 8.46. The Morgan fingerprint density at radius 1 is 1.06 bits per heavy atom. The average Bonchev–Trinajstić information content (AvgIpc) is 3.63. The van der Waals surface area contributed by atoms with Crippen molar-refractivity contribution in [1.29, 1.82) is 5.26 Å². The van der Waals surface area contributed by atoms with Gasteiger partial charge in [0.15, 0.2) is 0 Å². The van der Waals surface area contributed by atoms with E-state index in [9.17, 15) is 14.0 Å². The van der Waals surface area contributed by atoms with E-state index in [1.165, 1.54) is 24.3 Å². The van der Waals surface area contributed by atoms with Crippen molar-refractivity contribution in [2.45, 2.75) is 31.2 Å². The van der Waals surface area contributed by atoms with Gasteiger partial charge in [0.25, 0.3) is 11.8 Å². The van der Waals surface area contributed by atoms with Gasteiger partial charge < -0.3 is 10.2 Å². The lowest BCUT2D eigenvalue weighted by molar-refractivity contribution is 0.0929. The predicted molar refractivity (Wildman–Crippen MR) is 120 cm³/mol. The Bertz CT molecular complexity index is 1290. The standard InChI is InChI=1S/C26H21FN4O2/c27-20-8-6-18(7-9-20)24(32)30-26(12-13-26)23-11-10-22-21(29-23)5-2-14-31(22)25(33)19-4-1-3-17(15-19)16-28/h1,3-4,6-11,15H,2,5,12-14H2,(H,30,32). The van der Waals surface area contributed by atoms with E-state index in [-0.39, 0.29) is 17.6 Å². The van der Waals surface area contributed by atoms with Crippen LogP contribution in [0.3, 0.4) is 0 Å². The lowest BCUT2D eigenvalue weighted by Crippen LogP contribution is -2.38. The molecule has 33 heavy (non-hydrogen) atoms. The van der Waals surface area contributed by atoms with Crippen molar-refractivity contribution < 1.29 is 14.0 Å². The van der Waals surface area contributed by atoms with Crippen LogP contribution in [0.15, 0.2) is 60.7 Å². The number of pyridine rings is 1. The van der Waals surface area contributed by atoms with Crippen molar-refractivity contribution in [1.82, 2.24) is 10.3 Å². The highest BCUT2D eigenvalue weighted by Crippen LogP contribution is 2.45. The maximum absolute atomic E-state index is 13.2. The summed E-state index contributed by atoms with van der Waals surface area (Å²) in [5, 5.41) is 12.2. The summed E-state index contributed by atoms with van der Waals surface area (Å²) in [6, 6.07) is 18.0. The maximum atomic E-state index is 13.2. The van der Waals surface area contributed by atoms with Crippen LogP contribution in [-0.2, 0) is 12.0 Å². The lowest BCUT2D eigenvalue weighted by atomic mass is 10.0. The molecule has 7 heteroatoms. The molecule has 5 rings (SSSR count). The fourth-order valence-corrected chi connectivity index (χ4v) is 4.26. The van der Waals surface area contributed by atoms with Crippen LogP contribution in [0.1, 0.15) is 56.9 Å². The van der Waals surface area contributed by atoms with E-state index in [4.69, 9.17) is 10.2 Å². The molecule has 2 heterocycles. The minimum Gasteiger partial charge on any atom is -0.341 e. The number of carbonyl (C=O) groups excluding carboxylic acids is 2. The van der Waals surface area contributed by atoms with Gasteiger partial charge in [-0.05, 0) is 80.3 Å². The zero-order valence-corrected chi connectivity index (χ0v) is 17.8. The Morgan fingerprint density at radius 2 is 1.85 bits per heavy atom. The average molecular weight is 440 g/mol. The van der Waals surface area contributed by atoms with Crippen LogP contribution in [0.4, 0.5) is 10.1 Å². The van der Waals surface area contributed by atoms with Gasteiger partial charge in [0.2, 0.25) is 0 Å². The van der Waals surface area contributed by atoms with Crippen LogP contribution in [0.2, 0.25) is 0 Å². The minimum absolute atomic E-state index is 0.159. The number of benzene rings is 2. The monoisotopic (exact) mass is 440 g/mol. The second kappa shape index (κ2) is 8.14. The Labute approximate surface area is 190 Å². The number of nitrogens with one attached hydrogen (secondary N) is 1. The zero-order valence-electron chi connectivity index (χ0n) is 17.8. The SMILES string of the molecule is N#Cc1cccc(C(=O)N2CCCc3nc(C4(NC(=O)c5ccc(F)cc5)CC4)ccc32)c1. The Balaban J connectivity index is 1.39. The summed E-state index contributed by atoms with van der Waals surface area (Å²) in [6.45, 7) is 0.579. The molecule has 1 saturated carbocycles. The van der Waals surface area contributed by atoms with Crippen molar-refractivity contribution in [2.75, 3.05) is 11.4 Å². The van der Waals surface area contributed by atoms with Gasteiger partial charge in [0, 0.05) is 17.7 Å². The van der Waals surface area contributed by atoms with E-state index in [1.807, 2.05) is 12.1 Å². The summed E-state index contributed by atoms with van der Waals surface area (Å²) in [4.78, 5) is 32.4. The third-order valence-corrected chi connectivity index (χ3v) is 6.22. The lowest BCUT2D eigenvalue weighted by Gasteiger charge is -2.30. The number of amides is 2. The molecule has 1 aliphatic carbocycles. The van der Waals surface area contributed by atoms with Crippen LogP contribution in [0, 0.1) is 17.1 Å². The van der Waals surface area contributed by atoms with Gasteiger partial charge in [-0.15, -0.1) is 0 Å². The molecule has 6 nitrogen and oxygen atoms in total. The molecule has 164 valence electrons. The molecule has 2 amide bonds. The number of anilines is 1. The van der Waals surface area contributed by atoms with Crippen LogP contribution in [-0.4, -0.2) is 23.3 Å². The fraction of sp³-hybridized carbons (Fsp3) is 0.231. The van der Waals surface area contributed by atoms with Crippen LogP contribution >= 0.6 is 0 Å². The number of nitriles is 1. The molecular formula is C26H21FN4O2. The number of fused-ring (bicyclic) bond motifs is 1. The first kappa shape index (κ1) is 20.8. The first-order valence-corrected chi connectivity index (χ1v) is 10.9. The number of carbonyl (C=O) groups is 2. The molecule has 1 aromatic heterocycles. The molecule has 2 aliphatic rings. The van der Waals surface area contributed by atoms with E-state index < -0.39 is 5.54 Å². The van der Waals surface area contributed by atoms with Crippen LogP contribution < -0.4 is 10.2 Å². The molecule has 3 aromatic rings. The van der Waals surface area contributed by atoms with Gasteiger partial charge in [0.05, 0.1) is 34.2 Å². The van der Waals surface area contributed by atoms with Crippen molar-refractivity contribution in [3.63, 3.8) is 0 Å². The summed E-state index contributed by atoms with van der Waals surface area (Å²) in [7, 11) is 0. The maximum Gasteiger partial charge on any atom is 0.258 e. The third-order valence-electron chi connectivity index (χ3n) is 6.22. The van der Waals surface area contributed by atoms with E-state index in [2.05, 4.69) is 11.4 Å². The quantitative estimate of drug-likeness (QED) is 0.662. The summed E-state index contributed by atoms with van der Waals surface area (Å²) < 4.78 is 13.2. The molecule has 1 fully saturated rings. The number of hydrogen-bond donors (Lipinski definition) is 1. The highest BCUT2D eigenvalue weighted by Gasteiger charge is 2.47.